The fourth-order valence-corrected chi connectivity index (χ4v) is 2.86. The molecule has 112 valence electrons. The van der Waals surface area contributed by atoms with Crippen LogP contribution in [0.4, 0.5) is 10.1 Å². The topological polar surface area (TPSA) is 48.1 Å². The zero-order chi connectivity index (χ0) is 15.4. The Bertz CT molecular complexity index is 773. The van der Waals surface area contributed by atoms with E-state index in [-0.39, 0.29) is 11.6 Å². The van der Waals surface area contributed by atoms with Crippen LogP contribution in [0.2, 0.25) is 0 Å². The molecule has 0 bridgehead atoms. The van der Waals surface area contributed by atoms with Crippen LogP contribution in [0, 0.1) is 5.82 Å². The average molecular weight is 314 g/mol. The highest BCUT2D eigenvalue weighted by molar-refractivity contribution is 7.09. The normalized spacial score (nSPS) is 10.6. The second-order valence-corrected chi connectivity index (χ2v) is 5.72. The van der Waals surface area contributed by atoms with Crippen molar-refractivity contribution < 1.29 is 9.13 Å². The van der Waals surface area contributed by atoms with E-state index in [4.69, 9.17) is 10.5 Å². The maximum Gasteiger partial charge on any atom is 0.165 e. The molecule has 0 radical (unpaired) electrons. The Labute approximate surface area is 132 Å². The molecule has 0 spiro atoms. The van der Waals surface area contributed by atoms with Crippen LogP contribution in [0.15, 0.2) is 53.9 Å². The Hall–Kier alpha value is -2.40. The van der Waals surface area contributed by atoms with Gasteiger partial charge in [-0.1, -0.05) is 24.3 Å². The molecule has 0 atom stereocenters. The van der Waals surface area contributed by atoms with Crippen molar-refractivity contribution in [2.24, 2.45) is 0 Å². The third kappa shape index (κ3) is 3.43. The lowest BCUT2D eigenvalue weighted by Crippen LogP contribution is -2.02. The Balaban J connectivity index is 1.62. The van der Waals surface area contributed by atoms with Gasteiger partial charge >= 0.3 is 0 Å². The summed E-state index contributed by atoms with van der Waals surface area (Å²) < 4.78 is 18.9. The summed E-state index contributed by atoms with van der Waals surface area (Å²) >= 11 is 1.56. The minimum absolute atomic E-state index is 0.273. The Morgan fingerprint density at radius 3 is 2.82 bits per heavy atom. The number of aromatic nitrogens is 1. The molecule has 1 aromatic heterocycles. The number of para-hydroxylation sites is 1. The summed E-state index contributed by atoms with van der Waals surface area (Å²) in [5, 5.41) is 2.95. The molecule has 0 amide bonds. The van der Waals surface area contributed by atoms with Crippen molar-refractivity contribution in [3.63, 3.8) is 0 Å². The SMILES string of the molecule is Nc1cccc(-c2csc(CCOc3ccccc3F)n2)c1. The monoisotopic (exact) mass is 314 g/mol. The molecule has 3 aromatic rings. The van der Waals surface area contributed by atoms with Crippen molar-refractivity contribution in [1.29, 1.82) is 0 Å². The average Bonchev–Trinajstić information content (AvgIpc) is 2.98. The highest BCUT2D eigenvalue weighted by Crippen LogP contribution is 2.24. The maximum atomic E-state index is 13.4. The van der Waals surface area contributed by atoms with Gasteiger partial charge in [0.1, 0.15) is 0 Å². The van der Waals surface area contributed by atoms with Crippen molar-refractivity contribution >= 4 is 17.0 Å². The largest absolute Gasteiger partial charge is 0.490 e. The van der Waals surface area contributed by atoms with E-state index in [9.17, 15) is 4.39 Å². The molecule has 0 unspecified atom stereocenters. The van der Waals surface area contributed by atoms with Gasteiger partial charge in [-0.05, 0) is 24.3 Å². The predicted molar refractivity (Wildman–Crippen MR) is 87.6 cm³/mol. The first-order valence-corrected chi connectivity index (χ1v) is 7.78. The summed E-state index contributed by atoms with van der Waals surface area (Å²) in [7, 11) is 0. The van der Waals surface area contributed by atoms with Crippen molar-refractivity contribution in [2.45, 2.75) is 6.42 Å². The quantitative estimate of drug-likeness (QED) is 0.720. The summed E-state index contributed by atoms with van der Waals surface area (Å²) in [4.78, 5) is 4.56. The summed E-state index contributed by atoms with van der Waals surface area (Å²) in [6.07, 6.45) is 0.640. The number of ether oxygens (including phenoxy) is 1. The van der Waals surface area contributed by atoms with Gasteiger partial charge in [0, 0.05) is 23.1 Å². The third-order valence-corrected chi connectivity index (χ3v) is 4.05. The second kappa shape index (κ2) is 6.58. The summed E-state index contributed by atoms with van der Waals surface area (Å²) in [6, 6.07) is 14.0. The van der Waals surface area contributed by atoms with E-state index in [0.29, 0.717) is 13.0 Å². The van der Waals surface area contributed by atoms with Crippen LogP contribution in [-0.2, 0) is 6.42 Å². The van der Waals surface area contributed by atoms with Crippen molar-refractivity contribution in [3.8, 4) is 17.0 Å². The lowest BCUT2D eigenvalue weighted by molar-refractivity contribution is 0.305. The maximum absolute atomic E-state index is 13.4. The number of nitrogens with zero attached hydrogens (tertiary/aromatic N) is 1. The third-order valence-electron chi connectivity index (χ3n) is 3.14. The number of nitrogens with two attached hydrogens (primary N) is 1. The zero-order valence-electron chi connectivity index (χ0n) is 11.8. The van der Waals surface area contributed by atoms with Gasteiger partial charge in [-0.2, -0.15) is 0 Å². The molecule has 0 aliphatic carbocycles. The van der Waals surface area contributed by atoms with E-state index >= 15 is 0 Å². The number of hydrogen-bond acceptors (Lipinski definition) is 4. The van der Waals surface area contributed by atoms with E-state index in [2.05, 4.69) is 4.98 Å². The first kappa shape index (κ1) is 14.5. The van der Waals surface area contributed by atoms with Gasteiger partial charge in [0.25, 0.3) is 0 Å². The minimum Gasteiger partial charge on any atom is -0.490 e. The van der Waals surface area contributed by atoms with Crippen LogP contribution < -0.4 is 10.5 Å². The van der Waals surface area contributed by atoms with Gasteiger partial charge < -0.3 is 10.5 Å². The summed E-state index contributed by atoms with van der Waals surface area (Å²) in [6.45, 7) is 0.394. The number of benzene rings is 2. The molecule has 0 saturated carbocycles. The number of nitrogen functional groups attached to an aromatic ring is 1. The van der Waals surface area contributed by atoms with Crippen molar-refractivity contribution in [3.05, 3.63) is 64.7 Å². The molecule has 22 heavy (non-hydrogen) atoms. The molecule has 2 aromatic carbocycles. The van der Waals surface area contributed by atoms with Crippen LogP contribution in [-0.4, -0.2) is 11.6 Å². The number of thiazole rings is 1. The first-order valence-electron chi connectivity index (χ1n) is 6.90. The van der Waals surface area contributed by atoms with Gasteiger partial charge in [0.2, 0.25) is 0 Å². The number of rotatable bonds is 5. The van der Waals surface area contributed by atoms with Gasteiger partial charge in [-0.15, -0.1) is 11.3 Å². The highest BCUT2D eigenvalue weighted by atomic mass is 32.1. The standard InChI is InChI=1S/C17H15FN2OS/c18-14-6-1-2-7-16(14)21-9-8-17-20-15(11-22-17)12-4-3-5-13(19)10-12/h1-7,10-11H,8-9,19H2. The molecule has 0 aliphatic heterocycles. The molecule has 3 nitrogen and oxygen atoms in total. The summed E-state index contributed by atoms with van der Waals surface area (Å²) in [5.41, 5.74) is 8.40. The molecular weight excluding hydrogens is 299 g/mol. The number of halogens is 1. The molecule has 2 N–H and O–H groups in total. The lowest BCUT2D eigenvalue weighted by atomic mass is 10.1. The number of hydrogen-bond donors (Lipinski definition) is 1. The molecular formula is C17H15FN2OS. The van der Waals surface area contributed by atoms with E-state index < -0.39 is 0 Å². The molecule has 1 heterocycles. The van der Waals surface area contributed by atoms with Crippen LogP contribution in [0.3, 0.4) is 0 Å². The molecule has 0 aliphatic rings. The minimum atomic E-state index is -0.345. The van der Waals surface area contributed by atoms with E-state index in [1.165, 1.54) is 6.07 Å². The Kier molecular flexibility index (Phi) is 4.34. The molecule has 5 heteroatoms. The van der Waals surface area contributed by atoms with Crippen LogP contribution in [0.5, 0.6) is 5.75 Å². The fraction of sp³-hybridized carbons (Fsp3) is 0.118. The van der Waals surface area contributed by atoms with Crippen molar-refractivity contribution in [2.75, 3.05) is 12.3 Å². The van der Waals surface area contributed by atoms with Crippen LogP contribution in [0.1, 0.15) is 5.01 Å². The highest BCUT2D eigenvalue weighted by Gasteiger charge is 2.06. The first-order chi connectivity index (χ1) is 10.7. The summed E-state index contributed by atoms with van der Waals surface area (Å²) in [5.74, 6) is -0.0720. The predicted octanol–water partition coefficient (Wildman–Crippen LogP) is 4.15. The van der Waals surface area contributed by atoms with Crippen LogP contribution in [0.25, 0.3) is 11.3 Å². The van der Waals surface area contributed by atoms with Gasteiger partial charge in [0.15, 0.2) is 11.6 Å². The van der Waals surface area contributed by atoms with Crippen molar-refractivity contribution in [1.82, 2.24) is 4.98 Å². The van der Waals surface area contributed by atoms with Crippen LogP contribution >= 0.6 is 11.3 Å². The van der Waals surface area contributed by atoms with E-state index in [1.54, 1.807) is 29.5 Å². The van der Waals surface area contributed by atoms with Gasteiger partial charge in [-0.25, -0.2) is 9.37 Å². The Morgan fingerprint density at radius 2 is 2.00 bits per heavy atom. The smallest absolute Gasteiger partial charge is 0.165 e. The molecule has 0 fully saturated rings. The molecule has 3 rings (SSSR count). The lowest BCUT2D eigenvalue weighted by Gasteiger charge is -2.05. The second-order valence-electron chi connectivity index (χ2n) is 4.78. The Morgan fingerprint density at radius 1 is 1.14 bits per heavy atom. The van der Waals surface area contributed by atoms with E-state index in [1.807, 2.05) is 29.6 Å². The van der Waals surface area contributed by atoms with Gasteiger partial charge in [0.05, 0.1) is 17.3 Å². The molecule has 0 saturated heterocycles. The van der Waals surface area contributed by atoms with Gasteiger partial charge in [-0.3, -0.25) is 0 Å². The number of anilines is 1. The fourth-order valence-electron chi connectivity index (χ4n) is 2.07. The zero-order valence-corrected chi connectivity index (χ0v) is 12.6. The van der Waals surface area contributed by atoms with E-state index in [0.717, 1.165) is 22.0 Å².